The highest BCUT2D eigenvalue weighted by Gasteiger charge is 2.38. The van der Waals surface area contributed by atoms with Gasteiger partial charge in [-0.1, -0.05) is 12.1 Å². The molecule has 0 aliphatic heterocycles. The molecule has 0 unspecified atom stereocenters. The molecular formula is C22H19F3N4O3S. The molecule has 0 saturated carbocycles. The zero-order chi connectivity index (χ0) is 24.0. The third kappa shape index (κ3) is 6.16. The maximum Gasteiger partial charge on any atom is 0.490 e. The molecule has 11 heteroatoms. The summed E-state index contributed by atoms with van der Waals surface area (Å²) in [4.78, 5) is 30.5. The fourth-order valence-electron chi connectivity index (χ4n) is 2.96. The minimum atomic E-state index is -5.08. The number of amides is 1. The number of aromatic nitrogens is 3. The molecule has 0 spiro atoms. The molecule has 7 nitrogen and oxygen atoms in total. The number of carboxylic acid groups (broad SMARTS) is 1. The lowest BCUT2D eigenvalue weighted by Crippen LogP contribution is -2.25. The van der Waals surface area contributed by atoms with Crippen molar-refractivity contribution in [3.05, 3.63) is 76.5 Å². The van der Waals surface area contributed by atoms with Crippen molar-refractivity contribution >= 4 is 28.7 Å². The molecule has 4 heterocycles. The quantitative estimate of drug-likeness (QED) is 0.446. The van der Waals surface area contributed by atoms with Gasteiger partial charge in [-0.2, -0.15) is 13.2 Å². The van der Waals surface area contributed by atoms with E-state index in [9.17, 15) is 18.0 Å². The molecule has 33 heavy (non-hydrogen) atoms. The highest BCUT2D eigenvalue weighted by molar-refractivity contribution is 7.09. The van der Waals surface area contributed by atoms with Gasteiger partial charge >= 0.3 is 12.1 Å². The van der Waals surface area contributed by atoms with Gasteiger partial charge in [0.2, 0.25) is 0 Å². The fourth-order valence-corrected chi connectivity index (χ4v) is 3.57. The average molecular weight is 476 g/mol. The number of carboxylic acids is 1. The number of hydrogen-bond donors (Lipinski definition) is 2. The van der Waals surface area contributed by atoms with Crippen LogP contribution in [0.2, 0.25) is 0 Å². The highest BCUT2D eigenvalue weighted by Crippen LogP contribution is 2.27. The second kappa shape index (κ2) is 10.3. The average Bonchev–Trinajstić information content (AvgIpc) is 3.38. The summed E-state index contributed by atoms with van der Waals surface area (Å²) in [7, 11) is 0. The number of hydrogen-bond acceptors (Lipinski definition) is 5. The standard InChI is InChI=1S/C20H18N4OS.C2HF3O2/c1-14-23-17(13-26-14)19-12-16(18-7-3-5-11-24(18)19)20(25)22-10-8-15-6-2-4-9-21-15;3-2(4,5)1(6)7/h2-7,9,11-13H,8,10H2,1H3,(H,22,25);(H,6,7). The Morgan fingerprint density at radius 3 is 2.52 bits per heavy atom. The lowest BCUT2D eigenvalue weighted by molar-refractivity contribution is -0.192. The number of carbonyl (C=O) groups is 2. The fraction of sp³-hybridized carbons (Fsp3) is 0.182. The zero-order valence-corrected chi connectivity index (χ0v) is 18.2. The van der Waals surface area contributed by atoms with Gasteiger partial charge < -0.3 is 14.8 Å². The molecule has 0 aliphatic rings. The normalized spacial score (nSPS) is 11.0. The van der Waals surface area contributed by atoms with Crippen LogP contribution in [0.25, 0.3) is 16.9 Å². The van der Waals surface area contributed by atoms with Crippen LogP contribution in [0.4, 0.5) is 13.2 Å². The Morgan fingerprint density at radius 1 is 1.18 bits per heavy atom. The number of carbonyl (C=O) groups excluding carboxylic acids is 1. The summed E-state index contributed by atoms with van der Waals surface area (Å²) in [5.74, 6) is -2.84. The zero-order valence-electron chi connectivity index (χ0n) is 17.3. The molecular weight excluding hydrogens is 457 g/mol. The monoisotopic (exact) mass is 476 g/mol. The van der Waals surface area contributed by atoms with Crippen LogP contribution in [-0.2, 0) is 11.2 Å². The largest absolute Gasteiger partial charge is 0.490 e. The van der Waals surface area contributed by atoms with Crippen LogP contribution in [0.1, 0.15) is 21.1 Å². The molecule has 0 aliphatic carbocycles. The van der Waals surface area contributed by atoms with Crippen molar-refractivity contribution in [2.75, 3.05) is 6.54 Å². The number of pyridine rings is 2. The number of nitrogens with zero attached hydrogens (tertiary/aromatic N) is 3. The Bertz CT molecular complexity index is 1250. The van der Waals surface area contributed by atoms with E-state index >= 15 is 0 Å². The van der Waals surface area contributed by atoms with Gasteiger partial charge in [-0.15, -0.1) is 11.3 Å². The van der Waals surface area contributed by atoms with Gasteiger partial charge in [0.15, 0.2) is 0 Å². The molecule has 0 bridgehead atoms. The first kappa shape index (κ1) is 23.9. The molecule has 2 N–H and O–H groups in total. The second-order valence-electron chi connectivity index (χ2n) is 6.78. The van der Waals surface area contributed by atoms with Crippen molar-refractivity contribution in [1.82, 2.24) is 19.7 Å². The van der Waals surface area contributed by atoms with E-state index in [2.05, 4.69) is 15.3 Å². The highest BCUT2D eigenvalue weighted by atomic mass is 32.1. The number of halogens is 3. The van der Waals surface area contributed by atoms with Gasteiger partial charge in [0.25, 0.3) is 5.91 Å². The van der Waals surface area contributed by atoms with Crippen LogP contribution in [-0.4, -0.2) is 44.1 Å². The molecule has 1 amide bonds. The van der Waals surface area contributed by atoms with Gasteiger partial charge in [-0.05, 0) is 37.3 Å². The molecule has 4 aromatic rings. The van der Waals surface area contributed by atoms with Crippen molar-refractivity contribution in [2.24, 2.45) is 0 Å². The minimum absolute atomic E-state index is 0.0807. The van der Waals surface area contributed by atoms with Gasteiger partial charge in [-0.25, -0.2) is 9.78 Å². The van der Waals surface area contributed by atoms with E-state index in [0.29, 0.717) is 18.5 Å². The Kier molecular flexibility index (Phi) is 7.44. The van der Waals surface area contributed by atoms with E-state index in [1.54, 1.807) is 17.5 Å². The van der Waals surface area contributed by atoms with Crippen molar-refractivity contribution in [2.45, 2.75) is 19.5 Å². The number of alkyl halides is 3. The van der Waals surface area contributed by atoms with Crippen LogP contribution in [0.3, 0.4) is 0 Å². The van der Waals surface area contributed by atoms with Gasteiger partial charge in [0.05, 0.1) is 27.5 Å². The summed E-state index contributed by atoms with van der Waals surface area (Å²) in [5.41, 5.74) is 4.32. The van der Waals surface area contributed by atoms with Crippen LogP contribution in [0.15, 0.2) is 60.2 Å². The van der Waals surface area contributed by atoms with E-state index in [0.717, 1.165) is 27.6 Å². The Hall–Kier alpha value is -3.73. The summed E-state index contributed by atoms with van der Waals surface area (Å²) in [6.45, 7) is 2.53. The summed E-state index contributed by atoms with van der Waals surface area (Å²) in [6.07, 6.45) is -0.652. The Morgan fingerprint density at radius 2 is 1.91 bits per heavy atom. The number of aryl methyl sites for hydroxylation is 1. The summed E-state index contributed by atoms with van der Waals surface area (Å²) in [6, 6.07) is 13.6. The minimum Gasteiger partial charge on any atom is -0.475 e. The number of thiazole rings is 1. The van der Waals surface area contributed by atoms with E-state index in [1.165, 1.54) is 0 Å². The Balaban J connectivity index is 0.000000383. The molecule has 172 valence electrons. The van der Waals surface area contributed by atoms with Gasteiger partial charge in [-0.3, -0.25) is 9.78 Å². The summed E-state index contributed by atoms with van der Waals surface area (Å²) < 4.78 is 33.8. The third-order valence-electron chi connectivity index (χ3n) is 4.44. The van der Waals surface area contributed by atoms with Crippen molar-refractivity contribution in [3.8, 4) is 11.4 Å². The topological polar surface area (TPSA) is 96.6 Å². The van der Waals surface area contributed by atoms with Crippen LogP contribution < -0.4 is 5.32 Å². The lowest BCUT2D eigenvalue weighted by Gasteiger charge is -2.04. The van der Waals surface area contributed by atoms with Crippen LogP contribution in [0, 0.1) is 6.92 Å². The first-order valence-corrected chi connectivity index (χ1v) is 10.6. The van der Waals surface area contributed by atoms with E-state index < -0.39 is 12.1 Å². The molecule has 4 rings (SSSR count). The summed E-state index contributed by atoms with van der Waals surface area (Å²) in [5, 5.41) is 13.2. The first-order valence-electron chi connectivity index (χ1n) is 9.67. The van der Waals surface area contributed by atoms with Crippen molar-refractivity contribution < 1.29 is 27.9 Å². The number of rotatable bonds is 5. The molecule has 0 fully saturated rings. The maximum atomic E-state index is 12.7. The molecule has 4 aromatic heterocycles. The SMILES string of the molecule is Cc1nc(-c2cc(C(=O)NCCc3ccccn3)c3ccccn23)cs1.O=C(O)C(F)(F)F. The second-order valence-corrected chi connectivity index (χ2v) is 7.84. The Labute approximate surface area is 190 Å². The smallest absolute Gasteiger partial charge is 0.475 e. The van der Waals surface area contributed by atoms with Gasteiger partial charge in [0.1, 0.15) is 0 Å². The number of nitrogens with one attached hydrogen (secondary N) is 1. The molecule has 0 aromatic carbocycles. The van der Waals surface area contributed by atoms with E-state index in [-0.39, 0.29) is 5.91 Å². The predicted molar refractivity (Wildman–Crippen MR) is 117 cm³/mol. The van der Waals surface area contributed by atoms with E-state index in [1.807, 2.05) is 65.4 Å². The first-order chi connectivity index (χ1) is 15.7. The maximum absolute atomic E-state index is 12.7. The van der Waals surface area contributed by atoms with Crippen molar-refractivity contribution in [1.29, 1.82) is 0 Å². The number of fused-ring (bicyclic) bond motifs is 1. The van der Waals surface area contributed by atoms with Crippen LogP contribution >= 0.6 is 11.3 Å². The molecule has 0 atom stereocenters. The summed E-state index contributed by atoms with van der Waals surface area (Å²) >= 11 is 1.61. The number of aliphatic carboxylic acids is 1. The molecule has 0 saturated heterocycles. The van der Waals surface area contributed by atoms with Gasteiger partial charge in [0, 0.05) is 36.4 Å². The third-order valence-corrected chi connectivity index (χ3v) is 5.21. The molecule has 0 radical (unpaired) electrons. The van der Waals surface area contributed by atoms with Crippen molar-refractivity contribution in [3.63, 3.8) is 0 Å². The van der Waals surface area contributed by atoms with E-state index in [4.69, 9.17) is 9.90 Å². The van der Waals surface area contributed by atoms with Crippen LogP contribution in [0.5, 0.6) is 0 Å². The predicted octanol–water partition coefficient (Wildman–Crippen LogP) is 4.37. The lowest BCUT2D eigenvalue weighted by atomic mass is 10.2.